The Kier molecular flexibility index (Phi) is 5.97. The van der Waals surface area contributed by atoms with Crippen LogP contribution < -0.4 is 15.1 Å². The maximum atomic E-state index is 12.4. The van der Waals surface area contributed by atoms with E-state index in [9.17, 15) is 4.79 Å². The lowest BCUT2D eigenvalue weighted by molar-refractivity contribution is 0.0922. The van der Waals surface area contributed by atoms with Crippen molar-refractivity contribution in [3.8, 4) is 0 Å². The number of hydrogen-bond donors (Lipinski definition) is 1. The number of rotatable bonds is 4. The highest BCUT2D eigenvalue weighted by molar-refractivity contribution is 5.92. The molecular formula is C23H31N5O. The SMILES string of the molecule is Cc1cccc(N2CCN(c3cnc(C(=O)NC4CCCCC4)cn3)CC2)c1C. The van der Waals surface area contributed by atoms with E-state index in [0.29, 0.717) is 5.69 Å². The van der Waals surface area contributed by atoms with Crippen LogP contribution in [0.15, 0.2) is 30.6 Å². The zero-order valence-electron chi connectivity index (χ0n) is 17.5. The first kappa shape index (κ1) is 19.7. The summed E-state index contributed by atoms with van der Waals surface area (Å²) in [6.07, 6.45) is 9.17. The molecule has 1 aromatic carbocycles. The highest BCUT2D eigenvalue weighted by atomic mass is 16.1. The van der Waals surface area contributed by atoms with Gasteiger partial charge in [0, 0.05) is 37.9 Å². The molecule has 1 aliphatic carbocycles. The lowest BCUT2D eigenvalue weighted by Gasteiger charge is -2.37. The van der Waals surface area contributed by atoms with Gasteiger partial charge in [-0.15, -0.1) is 0 Å². The zero-order valence-corrected chi connectivity index (χ0v) is 17.5. The van der Waals surface area contributed by atoms with E-state index in [-0.39, 0.29) is 11.9 Å². The number of carbonyl (C=O) groups excluding carboxylic acids is 1. The van der Waals surface area contributed by atoms with Gasteiger partial charge in [-0.1, -0.05) is 31.4 Å². The molecule has 1 N–H and O–H groups in total. The third-order valence-corrected chi connectivity index (χ3v) is 6.33. The molecule has 1 saturated heterocycles. The predicted molar refractivity (Wildman–Crippen MR) is 117 cm³/mol. The lowest BCUT2D eigenvalue weighted by Crippen LogP contribution is -2.47. The molecule has 1 saturated carbocycles. The first-order valence-corrected chi connectivity index (χ1v) is 10.8. The van der Waals surface area contributed by atoms with E-state index in [1.165, 1.54) is 36.1 Å². The maximum absolute atomic E-state index is 12.4. The van der Waals surface area contributed by atoms with Gasteiger partial charge in [0.1, 0.15) is 11.5 Å². The van der Waals surface area contributed by atoms with Crippen LogP contribution >= 0.6 is 0 Å². The molecule has 2 aliphatic rings. The first-order chi connectivity index (χ1) is 14.1. The second-order valence-corrected chi connectivity index (χ2v) is 8.26. The van der Waals surface area contributed by atoms with Gasteiger partial charge in [-0.3, -0.25) is 4.79 Å². The summed E-state index contributed by atoms with van der Waals surface area (Å²) in [5.74, 6) is 0.746. The Hall–Kier alpha value is -2.63. The molecule has 2 aromatic rings. The normalized spacial score (nSPS) is 18.0. The summed E-state index contributed by atoms with van der Waals surface area (Å²) in [5, 5.41) is 3.11. The summed E-state index contributed by atoms with van der Waals surface area (Å²) in [6, 6.07) is 6.79. The van der Waals surface area contributed by atoms with Gasteiger partial charge in [0.2, 0.25) is 0 Å². The quantitative estimate of drug-likeness (QED) is 0.862. The minimum absolute atomic E-state index is 0.101. The number of aryl methyl sites for hydroxylation is 1. The van der Waals surface area contributed by atoms with Crippen molar-refractivity contribution in [2.75, 3.05) is 36.0 Å². The fourth-order valence-electron chi connectivity index (χ4n) is 4.36. The number of amides is 1. The summed E-state index contributed by atoms with van der Waals surface area (Å²) in [5.41, 5.74) is 4.42. The van der Waals surface area contributed by atoms with E-state index in [0.717, 1.165) is 44.8 Å². The highest BCUT2D eigenvalue weighted by Gasteiger charge is 2.21. The van der Waals surface area contributed by atoms with Gasteiger partial charge in [-0.2, -0.15) is 0 Å². The minimum Gasteiger partial charge on any atom is -0.368 e. The Labute approximate surface area is 173 Å². The summed E-state index contributed by atoms with van der Waals surface area (Å²) in [4.78, 5) is 26.0. The maximum Gasteiger partial charge on any atom is 0.271 e. The summed E-state index contributed by atoms with van der Waals surface area (Å²) < 4.78 is 0. The van der Waals surface area contributed by atoms with E-state index in [1.807, 2.05) is 0 Å². The molecule has 6 heteroatoms. The molecule has 0 atom stereocenters. The average molecular weight is 394 g/mol. The Balaban J connectivity index is 1.34. The number of hydrogen-bond acceptors (Lipinski definition) is 5. The molecule has 4 rings (SSSR count). The minimum atomic E-state index is -0.101. The van der Waals surface area contributed by atoms with Crippen LogP contribution in [0.5, 0.6) is 0 Å². The van der Waals surface area contributed by atoms with E-state index < -0.39 is 0 Å². The number of nitrogens with zero attached hydrogens (tertiary/aromatic N) is 4. The Morgan fingerprint density at radius 2 is 1.69 bits per heavy atom. The van der Waals surface area contributed by atoms with E-state index in [1.54, 1.807) is 12.4 Å². The van der Waals surface area contributed by atoms with E-state index in [4.69, 9.17) is 0 Å². The van der Waals surface area contributed by atoms with Gasteiger partial charge >= 0.3 is 0 Å². The van der Waals surface area contributed by atoms with Crippen molar-refractivity contribution in [1.82, 2.24) is 15.3 Å². The standard InChI is InChI=1S/C23H31N5O/c1-17-7-6-10-21(18(17)2)27-11-13-28(14-12-27)22-16-24-20(15-25-22)23(29)26-19-8-4-3-5-9-19/h6-7,10,15-16,19H,3-5,8-9,11-14H2,1-2H3,(H,26,29). The van der Waals surface area contributed by atoms with Crippen molar-refractivity contribution in [2.24, 2.45) is 0 Å². The number of nitrogens with one attached hydrogen (secondary N) is 1. The average Bonchev–Trinajstić information content (AvgIpc) is 2.77. The zero-order chi connectivity index (χ0) is 20.2. The van der Waals surface area contributed by atoms with Crippen molar-refractivity contribution in [1.29, 1.82) is 0 Å². The molecule has 154 valence electrons. The molecule has 2 heterocycles. The Morgan fingerprint density at radius 3 is 2.38 bits per heavy atom. The number of anilines is 2. The molecule has 2 fully saturated rings. The highest BCUT2D eigenvalue weighted by Crippen LogP contribution is 2.25. The third-order valence-electron chi connectivity index (χ3n) is 6.33. The number of benzene rings is 1. The van der Waals surface area contributed by atoms with Crippen LogP contribution in [-0.4, -0.2) is 48.1 Å². The fraction of sp³-hybridized carbons (Fsp3) is 0.522. The molecule has 29 heavy (non-hydrogen) atoms. The molecule has 0 bridgehead atoms. The summed E-state index contributed by atoms with van der Waals surface area (Å²) in [7, 11) is 0. The fourth-order valence-corrected chi connectivity index (χ4v) is 4.36. The van der Waals surface area contributed by atoms with Crippen LogP contribution in [0.3, 0.4) is 0 Å². The Bertz CT molecular complexity index is 837. The summed E-state index contributed by atoms with van der Waals surface area (Å²) >= 11 is 0. The van der Waals surface area contributed by atoms with Gasteiger partial charge in [0.05, 0.1) is 12.4 Å². The van der Waals surface area contributed by atoms with Crippen molar-refractivity contribution in [3.05, 3.63) is 47.4 Å². The van der Waals surface area contributed by atoms with Crippen LogP contribution in [-0.2, 0) is 0 Å². The van der Waals surface area contributed by atoms with Crippen LogP contribution in [0, 0.1) is 13.8 Å². The lowest BCUT2D eigenvalue weighted by atomic mass is 9.95. The number of carbonyl (C=O) groups is 1. The molecule has 6 nitrogen and oxygen atoms in total. The van der Waals surface area contributed by atoms with Crippen molar-refractivity contribution >= 4 is 17.4 Å². The monoisotopic (exact) mass is 393 g/mol. The predicted octanol–water partition coefficient (Wildman–Crippen LogP) is 3.48. The molecule has 0 spiro atoms. The Morgan fingerprint density at radius 1 is 0.966 bits per heavy atom. The van der Waals surface area contributed by atoms with Crippen LogP contribution in [0.4, 0.5) is 11.5 Å². The smallest absolute Gasteiger partial charge is 0.271 e. The molecule has 1 aliphatic heterocycles. The molecule has 1 aromatic heterocycles. The molecule has 1 amide bonds. The van der Waals surface area contributed by atoms with Crippen molar-refractivity contribution in [2.45, 2.75) is 52.0 Å². The van der Waals surface area contributed by atoms with Crippen LogP contribution in [0.25, 0.3) is 0 Å². The van der Waals surface area contributed by atoms with Gasteiger partial charge < -0.3 is 15.1 Å². The number of piperazine rings is 1. The van der Waals surface area contributed by atoms with Gasteiger partial charge in [0.15, 0.2) is 0 Å². The van der Waals surface area contributed by atoms with Crippen molar-refractivity contribution < 1.29 is 4.79 Å². The van der Waals surface area contributed by atoms with Crippen LogP contribution in [0.1, 0.15) is 53.7 Å². The van der Waals surface area contributed by atoms with Crippen molar-refractivity contribution in [3.63, 3.8) is 0 Å². The molecule has 0 radical (unpaired) electrons. The number of aromatic nitrogens is 2. The van der Waals surface area contributed by atoms with E-state index in [2.05, 4.69) is 57.1 Å². The molecular weight excluding hydrogens is 362 g/mol. The van der Waals surface area contributed by atoms with Gasteiger partial charge in [-0.25, -0.2) is 9.97 Å². The van der Waals surface area contributed by atoms with E-state index >= 15 is 0 Å². The van der Waals surface area contributed by atoms with Gasteiger partial charge in [0.25, 0.3) is 5.91 Å². The second kappa shape index (κ2) is 8.80. The van der Waals surface area contributed by atoms with Gasteiger partial charge in [-0.05, 0) is 43.9 Å². The largest absolute Gasteiger partial charge is 0.368 e. The topological polar surface area (TPSA) is 61.4 Å². The third kappa shape index (κ3) is 4.52. The second-order valence-electron chi connectivity index (χ2n) is 8.26. The van der Waals surface area contributed by atoms with Crippen LogP contribution in [0.2, 0.25) is 0 Å². The summed E-state index contributed by atoms with van der Waals surface area (Å²) in [6.45, 7) is 8.06. The molecule has 0 unspecified atom stereocenters. The first-order valence-electron chi connectivity index (χ1n) is 10.8.